The molecule has 0 aliphatic rings. The van der Waals surface area contributed by atoms with Crippen molar-refractivity contribution >= 4 is 17.5 Å². The smallest absolute Gasteiger partial charge is 0.257 e. The van der Waals surface area contributed by atoms with Crippen LogP contribution in [0.5, 0.6) is 5.75 Å². The van der Waals surface area contributed by atoms with Crippen molar-refractivity contribution in [1.29, 1.82) is 5.26 Å². The van der Waals surface area contributed by atoms with Crippen molar-refractivity contribution in [2.45, 2.75) is 26.4 Å². The average molecular weight is 281 g/mol. The van der Waals surface area contributed by atoms with E-state index in [0.29, 0.717) is 29.3 Å². The molecule has 0 spiro atoms. The Bertz CT molecular complexity index is 495. The molecule has 0 saturated heterocycles. The molecule has 0 fully saturated rings. The van der Waals surface area contributed by atoms with Crippen molar-refractivity contribution in [2.75, 3.05) is 13.6 Å². The Morgan fingerprint density at radius 3 is 2.79 bits per heavy atom. The first-order chi connectivity index (χ1) is 8.95. The highest BCUT2D eigenvalue weighted by Gasteiger charge is 2.18. The van der Waals surface area contributed by atoms with Crippen LogP contribution in [0.15, 0.2) is 18.2 Å². The first-order valence-corrected chi connectivity index (χ1v) is 6.42. The molecule has 5 heteroatoms. The highest BCUT2D eigenvalue weighted by Crippen LogP contribution is 2.25. The van der Waals surface area contributed by atoms with Gasteiger partial charge in [-0.05, 0) is 32.0 Å². The van der Waals surface area contributed by atoms with E-state index in [1.165, 1.54) is 4.90 Å². The van der Waals surface area contributed by atoms with E-state index in [0.717, 1.165) is 0 Å². The Labute approximate surface area is 118 Å². The molecule has 1 rings (SSSR count). The van der Waals surface area contributed by atoms with Gasteiger partial charge in [0.15, 0.2) is 0 Å². The number of carbonyl (C=O) groups excluding carboxylic acids is 1. The van der Waals surface area contributed by atoms with Crippen LogP contribution in [-0.4, -0.2) is 30.5 Å². The third-order valence-corrected chi connectivity index (χ3v) is 2.68. The minimum Gasteiger partial charge on any atom is -0.490 e. The number of hydrogen-bond donors (Lipinski definition) is 0. The van der Waals surface area contributed by atoms with Gasteiger partial charge in [0.2, 0.25) is 0 Å². The lowest BCUT2D eigenvalue weighted by atomic mass is 10.1. The molecule has 0 aliphatic carbocycles. The molecular weight excluding hydrogens is 264 g/mol. The maximum atomic E-state index is 12.3. The van der Waals surface area contributed by atoms with Gasteiger partial charge in [-0.15, -0.1) is 0 Å². The molecule has 102 valence electrons. The molecule has 0 atom stereocenters. The average Bonchev–Trinajstić information content (AvgIpc) is 2.36. The van der Waals surface area contributed by atoms with Crippen molar-refractivity contribution in [3.63, 3.8) is 0 Å². The van der Waals surface area contributed by atoms with Crippen LogP contribution in [0.1, 0.15) is 30.6 Å². The second-order valence-electron chi connectivity index (χ2n) is 4.44. The highest BCUT2D eigenvalue weighted by molar-refractivity contribution is 6.31. The lowest BCUT2D eigenvalue weighted by molar-refractivity contribution is 0.0792. The fraction of sp³-hybridized carbons (Fsp3) is 0.429. The summed E-state index contributed by atoms with van der Waals surface area (Å²) in [7, 11) is 1.65. The Kier molecular flexibility index (Phi) is 5.65. The third-order valence-electron chi connectivity index (χ3n) is 2.44. The third kappa shape index (κ3) is 4.46. The number of nitriles is 1. The lowest BCUT2D eigenvalue weighted by Crippen LogP contribution is -2.28. The van der Waals surface area contributed by atoms with E-state index in [-0.39, 0.29) is 12.0 Å². The minimum atomic E-state index is -0.201. The normalized spacial score (nSPS) is 10.1. The molecule has 0 N–H and O–H groups in total. The van der Waals surface area contributed by atoms with Gasteiger partial charge in [-0.3, -0.25) is 4.79 Å². The van der Waals surface area contributed by atoms with Crippen LogP contribution in [0.3, 0.4) is 0 Å². The van der Waals surface area contributed by atoms with E-state index in [2.05, 4.69) is 0 Å². The quantitative estimate of drug-likeness (QED) is 0.833. The summed E-state index contributed by atoms with van der Waals surface area (Å²) in [4.78, 5) is 13.8. The summed E-state index contributed by atoms with van der Waals surface area (Å²) in [6.07, 6.45) is 0.264. The molecule has 19 heavy (non-hydrogen) atoms. The molecule has 0 unspecified atom stereocenters. The summed E-state index contributed by atoms with van der Waals surface area (Å²) in [5, 5.41) is 9.03. The van der Waals surface area contributed by atoms with Crippen LogP contribution in [0.2, 0.25) is 5.02 Å². The predicted molar refractivity (Wildman–Crippen MR) is 74.4 cm³/mol. The van der Waals surface area contributed by atoms with Crippen LogP contribution in [-0.2, 0) is 0 Å². The summed E-state index contributed by atoms with van der Waals surface area (Å²) in [6.45, 7) is 4.16. The molecule has 0 aromatic heterocycles. The maximum absolute atomic E-state index is 12.3. The van der Waals surface area contributed by atoms with Gasteiger partial charge in [0.05, 0.1) is 24.2 Å². The summed E-state index contributed by atoms with van der Waals surface area (Å²) in [6, 6.07) is 6.97. The molecule has 0 aliphatic heterocycles. The van der Waals surface area contributed by atoms with E-state index in [9.17, 15) is 4.79 Å². The van der Waals surface area contributed by atoms with Crippen LogP contribution < -0.4 is 4.74 Å². The number of amides is 1. The zero-order valence-electron chi connectivity index (χ0n) is 11.3. The van der Waals surface area contributed by atoms with Gasteiger partial charge in [0.1, 0.15) is 5.75 Å². The SMILES string of the molecule is CC(C)Oc1ccc(Cl)cc1C(=O)N(C)CCC#N. The van der Waals surface area contributed by atoms with E-state index < -0.39 is 0 Å². The number of benzene rings is 1. The number of halogens is 1. The first kappa shape index (κ1) is 15.3. The Balaban J connectivity index is 3.00. The molecule has 4 nitrogen and oxygen atoms in total. The van der Waals surface area contributed by atoms with E-state index in [1.807, 2.05) is 19.9 Å². The number of carbonyl (C=O) groups is 1. The molecule has 0 bridgehead atoms. The van der Waals surface area contributed by atoms with Gasteiger partial charge in [-0.1, -0.05) is 11.6 Å². The van der Waals surface area contributed by atoms with Crippen LogP contribution in [0.25, 0.3) is 0 Å². The molecule has 0 radical (unpaired) electrons. The zero-order valence-corrected chi connectivity index (χ0v) is 12.1. The lowest BCUT2D eigenvalue weighted by Gasteiger charge is -2.19. The van der Waals surface area contributed by atoms with Crippen molar-refractivity contribution in [2.24, 2.45) is 0 Å². The fourth-order valence-electron chi connectivity index (χ4n) is 1.55. The number of ether oxygens (including phenoxy) is 1. The molecular formula is C14H17ClN2O2. The molecule has 0 heterocycles. The van der Waals surface area contributed by atoms with E-state index in [1.54, 1.807) is 25.2 Å². The fourth-order valence-corrected chi connectivity index (χ4v) is 1.72. The van der Waals surface area contributed by atoms with Crippen molar-refractivity contribution < 1.29 is 9.53 Å². The van der Waals surface area contributed by atoms with Crippen LogP contribution in [0, 0.1) is 11.3 Å². The number of hydrogen-bond acceptors (Lipinski definition) is 3. The summed E-state index contributed by atoms with van der Waals surface area (Å²) >= 11 is 5.93. The van der Waals surface area contributed by atoms with Gasteiger partial charge in [-0.2, -0.15) is 5.26 Å². The van der Waals surface area contributed by atoms with Gasteiger partial charge >= 0.3 is 0 Å². The van der Waals surface area contributed by atoms with Gasteiger partial charge in [0, 0.05) is 18.6 Å². The number of rotatable bonds is 5. The first-order valence-electron chi connectivity index (χ1n) is 6.04. The predicted octanol–water partition coefficient (Wildman–Crippen LogP) is 3.11. The Hall–Kier alpha value is -1.73. The summed E-state index contributed by atoms with van der Waals surface area (Å²) < 4.78 is 5.60. The second kappa shape index (κ2) is 7.01. The van der Waals surface area contributed by atoms with Crippen molar-refractivity contribution in [3.8, 4) is 11.8 Å². The van der Waals surface area contributed by atoms with Crippen LogP contribution >= 0.6 is 11.6 Å². The van der Waals surface area contributed by atoms with Gasteiger partial charge in [-0.25, -0.2) is 0 Å². The summed E-state index contributed by atoms with van der Waals surface area (Å²) in [5.74, 6) is 0.307. The van der Waals surface area contributed by atoms with Crippen molar-refractivity contribution in [1.82, 2.24) is 4.90 Å². The van der Waals surface area contributed by atoms with Gasteiger partial charge < -0.3 is 9.64 Å². The largest absolute Gasteiger partial charge is 0.490 e. The standard InChI is InChI=1S/C14H17ClN2O2/c1-10(2)19-13-6-5-11(15)9-12(13)14(18)17(3)8-4-7-16/h5-6,9-10H,4,8H2,1-3H3. The molecule has 1 aromatic rings. The van der Waals surface area contributed by atoms with E-state index >= 15 is 0 Å². The Morgan fingerprint density at radius 2 is 2.21 bits per heavy atom. The zero-order chi connectivity index (χ0) is 14.4. The minimum absolute atomic E-state index is 0.0304. The molecule has 1 amide bonds. The summed E-state index contributed by atoms with van der Waals surface area (Å²) in [5.41, 5.74) is 0.418. The van der Waals surface area contributed by atoms with Crippen molar-refractivity contribution in [3.05, 3.63) is 28.8 Å². The molecule has 1 aromatic carbocycles. The van der Waals surface area contributed by atoms with E-state index in [4.69, 9.17) is 21.6 Å². The second-order valence-corrected chi connectivity index (χ2v) is 4.88. The Morgan fingerprint density at radius 1 is 1.53 bits per heavy atom. The van der Waals surface area contributed by atoms with Gasteiger partial charge in [0.25, 0.3) is 5.91 Å². The maximum Gasteiger partial charge on any atom is 0.257 e. The highest BCUT2D eigenvalue weighted by atomic mass is 35.5. The topological polar surface area (TPSA) is 53.3 Å². The van der Waals surface area contributed by atoms with Crippen LogP contribution in [0.4, 0.5) is 0 Å². The molecule has 0 saturated carbocycles. The monoisotopic (exact) mass is 280 g/mol. The number of nitrogens with zero attached hydrogens (tertiary/aromatic N) is 2.